The number of benzene rings is 3. The lowest BCUT2D eigenvalue weighted by molar-refractivity contribution is 0.306. The van der Waals surface area contributed by atoms with E-state index in [1.54, 1.807) is 18.2 Å². The zero-order valence-corrected chi connectivity index (χ0v) is 16.2. The highest BCUT2D eigenvalue weighted by Gasteiger charge is 2.07. The molecule has 0 aromatic heterocycles. The van der Waals surface area contributed by atoms with E-state index in [4.69, 9.17) is 27.9 Å². The van der Waals surface area contributed by atoms with Gasteiger partial charge in [-0.3, -0.25) is 0 Å². The molecule has 5 heteroatoms. The molecule has 27 heavy (non-hydrogen) atoms. The summed E-state index contributed by atoms with van der Waals surface area (Å²) in [6.45, 7) is 1.68. The zero-order valence-electron chi connectivity index (χ0n) is 14.7. The first-order chi connectivity index (χ1) is 13.1. The Morgan fingerprint density at radius 1 is 0.889 bits per heavy atom. The Bertz CT molecular complexity index is 881. The highest BCUT2D eigenvalue weighted by atomic mass is 35.5. The minimum atomic E-state index is -0.159. The molecule has 0 aliphatic rings. The van der Waals surface area contributed by atoms with Crippen LogP contribution in [0.2, 0.25) is 10.0 Å². The van der Waals surface area contributed by atoms with Crippen LogP contribution in [0.25, 0.3) is 0 Å². The summed E-state index contributed by atoms with van der Waals surface area (Å²) in [6, 6.07) is 20.1. The normalized spacial score (nSPS) is 10.8. The Morgan fingerprint density at radius 3 is 2.41 bits per heavy atom. The average molecular weight is 404 g/mol. The Balaban J connectivity index is 1.51. The van der Waals surface area contributed by atoms with Gasteiger partial charge in [-0.2, -0.15) is 0 Å². The molecule has 0 bridgehead atoms. The van der Waals surface area contributed by atoms with Crippen LogP contribution >= 0.6 is 23.2 Å². The summed E-state index contributed by atoms with van der Waals surface area (Å²) in [4.78, 5) is 0. The fourth-order valence-corrected chi connectivity index (χ4v) is 3.23. The van der Waals surface area contributed by atoms with Crippen LogP contribution in [-0.2, 0) is 19.6 Å². The van der Waals surface area contributed by atoms with Gasteiger partial charge in [-0.25, -0.2) is 4.39 Å². The smallest absolute Gasteiger partial charge is 0.126 e. The molecule has 3 rings (SSSR count). The number of rotatable bonds is 8. The van der Waals surface area contributed by atoms with E-state index in [-0.39, 0.29) is 5.82 Å². The molecule has 0 fully saturated rings. The quantitative estimate of drug-likeness (QED) is 0.462. The predicted octanol–water partition coefficient (Wildman–Crippen LogP) is 6.04. The third-order valence-electron chi connectivity index (χ3n) is 4.20. The number of hydrogen-bond donors (Lipinski definition) is 1. The van der Waals surface area contributed by atoms with E-state index in [1.807, 2.05) is 42.5 Å². The summed E-state index contributed by atoms with van der Waals surface area (Å²) in [5.41, 5.74) is 2.58. The van der Waals surface area contributed by atoms with E-state index in [9.17, 15) is 4.39 Å². The summed E-state index contributed by atoms with van der Waals surface area (Å²) in [5, 5.41) is 4.51. The maximum atomic E-state index is 13.6. The molecule has 0 saturated heterocycles. The van der Waals surface area contributed by atoms with Gasteiger partial charge >= 0.3 is 0 Å². The van der Waals surface area contributed by atoms with E-state index in [1.165, 1.54) is 6.07 Å². The number of hydrogen-bond acceptors (Lipinski definition) is 2. The van der Waals surface area contributed by atoms with Crippen molar-refractivity contribution in [2.24, 2.45) is 0 Å². The standard InChI is InChI=1S/C22H20Cl2FNO/c23-20-8-4-9-21(24)19(20)15-27-18-7-3-5-16(13-18)14-26-12-11-17-6-1-2-10-22(17)25/h1-10,13,26H,11-12,14-15H2. The first-order valence-corrected chi connectivity index (χ1v) is 9.48. The second-order valence-corrected chi connectivity index (χ2v) is 6.97. The lowest BCUT2D eigenvalue weighted by atomic mass is 10.1. The molecular formula is C22H20Cl2FNO. The van der Waals surface area contributed by atoms with Crippen LogP contribution in [0, 0.1) is 5.82 Å². The molecule has 0 amide bonds. The first kappa shape index (κ1) is 19.7. The van der Waals surface area contributed by atoms with E-state index in [2.05, 4.69) is 5.32 Å². The third kappa shape index (κ3) is 5.70. The SMILES string of the molecule is Fc1ccccc1CCNCc1cccc(OCc2c(Cl)cccc2Cl)c1. The van der Waals surface area contributed by atoms with Crippen LogP contribution < -0.4 is 10.1 Å². The molecule has 0 aliphatic heterocycles. The molecule has 0 atom stereocenters. The van der Waals surface area contributed by atoms with Gasteiger partial charge in [-0.1, -0.05) is 59.6 Å². The van der Waals surface area contributed by atoms with Crippen molar-refractivity contribution >= 4 is 23.2 Å². The Morgan fingerprint density at radius 2 is 1.63 bits per heavy atom. The van der Waals surface area contributed by atoms with Crippen LogP contribution in [0.3, 0.4) is 0 Å². The van der Waals surface area contributed by atoms with Crippen molar-refractivity contribution in [3.05, 3.63) is 99.3 Å². The Labute approximate surface area is 168 Å². The van der Waals surface area contributed by atoms with Crippen LogP contribution in [0.4, 0.5) is 4.39 Å². The molecule has 0 aliphatic carbocycles. The number of nitrogens with one attached hydrogen (secondary N) is 1. The lowest BCUT2D eigenvalue weighted by Crippen LogP contribution is -2.17. The molecule has 3 aromatic rings. The van der Waals surface area contributed by atoms with Gasteiger partial charge in [0.15, 0.2) is 0 Å². The Hall–Kier alpha value is -2.07. The summed E-state index contributed by atoms with van der Waals surface area (Å²) in [7, 11) is 0. The van der Waals surface area contributed by atoms with Crippen LogP contribution in [0.15, 0.2) is 66.7 Å². The predicted molar refractivity (Wildman–Crippen MR) is 109 cm³/mol. The topological polar surface area (TPSA) is 21.3 Å². The summed E-state index contributed by atoms with van der Waals surface area (Å²) < 4.78 is 19.5. The summed E-state index contributed by atoms with van der Waals surface area (Å²) in [6.07, 6.45) is 0.647. The van der Waals surface area contributed by atoms with Gasteiger partial charge in [-0.15, -0.1) is 0 Å². The molecule has 1 N–H and O–H groups in total. The van der Waals surface area contributed by atoms with Crippen LogP contribution in [-0.4, -0.2) is 6.54 Å². The van der Waals surface area contributed by atoms with Gasteiger partial charge in [0.25, 0.3) is 0 Å². The highest BCUT2D eigenvalue weighted by molar-refractivity contribution is 6.35. The monoisotopic (exact) mass is 403 g/mol. The molecule has 0 saturated carbocycles. The van der Waals surface area contributed by atoms with Crippen molar-refractivity contribution in [2.45, 2.75) is 19.6 Å². The van der Waals surface area contributed by atoms with E-state index in [0.29, 0.717) is 36.2 Å². The van der Waals surface area contributed by atoms with Crippen molar-refractivity contribution in [2.75, 3.05) is 6.54 Å². The third-order valence-corrected chi connectivity index (χ3v) is 4.91. The molecule has 0 radical (unpaired) electrons. The van der Waals surface area contributed by atoms with Crippen LogP contribution in [0.1, 0.15) is 16.7 Å². The number of halogens is 3. The highest BCUT2D eigenvalue weighted by Crippen LogP contribution is 2.26. The maximum Gasteiger partial charge on any atom is 0.126 e. The van der Waals surface area contributed by atoms with Gasteiger partial charge in [0.1, 0.15) is 18.2 Å². The van der Waals surface area contributed by atoms with Gasteiger partial charge in [0.05, 0.1) is 0 Å². The van der Waals surface area contributed by atoms with Crippen molar-refractivity contribution in [3.8, 4) is 5.75 Å². The maximum absolute atomic E-state index is 13.6. The molecule has 140 valence electrons. The van der Waals surface area contributed by atoms with Crippen molar-refractivity contribution in [1.29, 1.82) is 0 Å². The fourth-order valence-electron chi connectivity index (χ4n) is 2.73. The molecule has 0 spiro atoms. The van der Waals surface area contributed by atoms with Crippen molar-refractivity contribution in [3.63, 3.8) is 0 Å². The summed E-state index contributed by atoms with van der Waals surface area (Å²) in [5.74, 6) is 0.590. The zero-order chi connectivity index (χ0) is 19.1. The van der Waals surface area contributed by atoms with Crippen molar-refractivity contribution < 1.29 is 9.13 Å². The van der Waals surface area contributed by atoms with Gasteiger partial charge in [-0.05, 0) is 54.4 Å². The minimum Gasteiger partial charge on any atom is -0.489 e. The fraction of sp³-hybridized carbons (Fsp3) is 0.182. The molecule has 3 aromatic carbocycles. The number of ether oxygens (including phenoxy) is 1. The largest absolute Gasteiger partial charge is 0.489 e. The Kier molecular flexibility index (Phi) is 7.11. The summed E-state index contributed by atoms with van der Waals surface area (Å²) >= 11 is 12.3. The first-order valence-electron chi connectivity index (χ1n) is 8.72. The molecule has 0 unspecified atom stereocenters. The second kappa shape index (κ2) is 9.75. The van der Waals surface area contributed by atoms with Gasteiger partial charge in [0, 0.05) is 22.2 Å². The second-order valence-electron chi connectivity index (χ2n) is 6.15. The molecular weight excluding hydrogens is 384 g/mol. The molecule has 0 heterocycles. The lowest BCUT2D eigenvalue weighted by Gasteiger charge is -2.11. The van der Waals surface area contributed by atoms with E-state index in [0.717, 1.165) is 22.4 Å². The van der Waals surface area contributed by atoms with Gasteiger partial charge < -0.3 is 10.1 Å². The van der Waals surface area contributed by atoms with E-state index >= 15 is 0 Å². The minimum absolute atomic E-state index is 0.159. The van der Waals surface area contributed by atoms with Gasteiger partial charge in [0.2, 0.25) is 0 Å². The van der Waals surface area contributed by atoms with Crippen LogP contribution in [0.5, 0.6) is 5.75 Å². The average Bonchev–Trinajstić information content (AvgIpc) is 2.66. The van der Waals surface area contributed by atoms with Crippen molar-refractivity contribution in [1.82, 2.24) is 5.32 Å². The van der Waals surface area contributed by atoms with E-state index < -0.39 is 0 Å². The molecule has 2 nitrogen and oxygen atoms in total.